The number of aliphatic hydroxyl groups excluding tert-OH is 1. The minimum Gasteiger partial charge on any atom is -0.494 e. The molecule has 3 N–H and O–H groups in total. The number of carbonyl (C=O) groups is 1. The van der Waals surface area contributed by atoms with E-state index in [1.54, 1.807) is 19.1 Å². The first-order chi connectivity index (χ1) is 10.4. The minimum atomic E-state index is -0.399. The van der Waals surface area contributed by atoms with Crippen LogP contribution < -0.4 is 15.4 Å². The molecule has 2 amide bonds. The zero-order valence-electron chi connectivity index (χ0n) is 13.4. The van der Waals surface area contributed by atoms with Crippen LogP contribution in [0.5, 0.6) is 5.75 Å². The van der Waals surface area contributed by atoms with Gasteiger partial charge >= 0.3 is 6.03 Å². The fourth-order valence-electron chi connectivity index (χ4n) is 2.18. The Morgan fingerprint density at radius 1 is 1.36 bits per heavy atom. The highest BCUT2D eigenvalue weighted by Gasteiger charge is 2.08. The van der Waals surface area contributed by atoms with E-state index >= 15 is 0 Å². The number of rotatable bonds is 8. The second-order valence-electron chi connectivity index (χ2n) is 5.55. The number of ether oxygens (including phenoxy) is 1. The summed E-state index contributed by atoms with van der Waals surface area (Å²) in [6.07, 6.45) is 0.872. The van der Waals surface area contributed by atoms with Gasteiger partial charge in [0.25, 0.3) is 0 Å². The van der Waals surface area contributed by atoms with Crippen LogP contribution in [0, 0.1) is 11.7 Å². The second-order valence-corrected chi connectivity index (χ2v) is 5.55. The number of hydrogen-bond donors (Lipinski definition) is 3. The van der Waals surface area contributed by atoms with Gasteiger partial charge in [0.2, 0.25) is 0 Å². The fourth-order valence-corrected chi connectivity index (χ4v) is 2.18. The summed E-state index contributed by atoms with van der Waals surface area (Å²) in [4.78, 5) is 11.6. The Kier molecular flexibility index (Phi) is 7.66. The van der Waals surface area contributed by atoms with Gasteiger partial charge in [-0.1, -0.05) is 13.0 Å². The van der Waals surface area contributed by atoms with Crippen LogP contribution in [0.15, 0.2) is 18.2 Å². The molecule has 0 aliphatic rings. The highest BCUT2D eigenvalue weighted by Crippen LogP contribution is 2.18. The number of carbonyl (C=O) groups excluding carboxylic acids is 1. The van der Waals surface area contributed by atoms with E-state index in [4.69, 9.17) is 4.74 Å². The van der Waals surface area contributed by atoms with Gasteiger partial charge in [-0.15, -0.1) is 0 Å². The summed E-state index contributed by atoms with van der Waals surface area (Å²) in [7, 11) is 1.42. The summed E-state index contributed by atoms with van der Waals surface area (Å²) < 4.78 is 18.2. The molecule has 0 heterocycles. The van der Waals surface area contributed by atoms with E-state index in [2.05, 4.69) is 10.6 Å². The third-order valence-corrected chi connectivity index (χ3v) is 3.27. The van der Waals surface area contributed by atoms with Crippen LogP contribution in [0.25, 0.3) is 0 Å². The molecule has 0 saturated heterocycles. The Morgan fingerprint density at radius 3 is 2.73 bits per heavy atom. The third kappa shape index (κ3) is 6.76. The van der Waals surface area contributed by atoms with Crippen molar-refractivity contribution in [3.8, 4) is 5.75 Å². The molecular formula is C16H25FN2O3. The van der Waals surface area contributed by atoms with E-state index in [-0.39, 0.29) is 23.8 Å². The predicted octanol–water partition coefficient (Wildman–Crippen LogP) is 2.08. The number of hydrogen-bond acceptors (Lipinski definition) is 3. The smallest absolute Gasteiger partial charge is 0.314 e. The quantitative estimate of drug-likeness (QED) is 0.688. The summed E-state index contributed by atoms with van der Waals surface area (Å²) in [5.74, 6) is 0.0186. The van der Waals surface area contributed by atoms with Crippen LogP contribution in [0.3, 0.4) is 0 Å². The lowest BCUT2D eigenvalue weighted by Gasteiger charge is -2.14. The van der Waals surface area contributed by atoms with Crippen LogP contribution >= 0.6 is 0 Å². The van der Waals surface area contributed by atoms with Gasteiger partial charge in [-0.3, -0.25) is 0 Å². The summed E-state index contributed by atoms with van der Waals surface area (Å²) in [6, 6.07) is 4.40. The molecule has 0 aliphatic heterocycles. The zero-order valence-corrected chi connectivity index (χ0v) is 13.4. The third-order valence-electron chi connectivity index (χ3n) is 3.27. The first kappa shape index (κ1) is 18.2. The Balaban J connectivity index is 2.27. The number of benzene rings is 1. The Morgan fingerprint density at radius 2 is 2.09 bits per heavy atom. The van der Waals surface area contributed by atoms with Gasteiger partial charge in [0.05, 0.1) is 13.2 Å². The normalized spacial score (nSPS) is 13.3. The molecule has 0 radical (unpaired) electrons. The molecule has 2 unspecified atom stereocenters. The van der Waals surface area contributed by atoms with Gasteiger partial charge in [-0.25, -0.2) is 9.18 Å². The lowest BCUT2D eigenvalue weighted by molar-refractivity contribution is 0.163. The Hall–Kier alpha value is -1.82. The number of amides is 2. The average Bonchev–Trinajstić information content (AvgIpc) is 2.46. The van der Waals surface area contributed by atoms with E-state index in [9.17, 15) is 14.3 Å². The number of urea groups is 1. The van der Waals surface area contributed by atoms with Gasteiger partial charge in [-0.05, 0) is 43.4 Å². The summed E-state index contributed by atoms with van der Waals surface area (Å²) in [6.45, 7) is 4.66. The van der Waals surface area contributed by atoms with E-state index in [0.717, 1.165) is 5.56 Å². The van der Waals surface area contributed by atoms with Crippen molar-refractivity contribution < 1.29 is 19.0 Å². The Labute approximate surface area is 130 Å². The molecule has 5 nitrogen and oxygen atoms in total. The molecule has 1 rings (SSSR count). The number of nitrogens with one attached hydrogen (secondary N) is 2. The highest BCUT2D eigenvalue weighted by atomic mass is 19.1. The number of halogens is 1. The molecule has 0 aromatic heterocycles. The summed E-state index contributed by atoms with van der Waals surface area (Å²) in [5.41, 5.74) is 0.890. The maximum atomic E-state index is 13.3. The molecule has 0 fully saturated rings. The standard InChI is InChI=1S/C16H25FN2O3/c1-11(8-12(2)20)10-19-16(21)18-7-6-13-4-5-14(17)15(9-13)22-3/h4-5,9,11-12,20H,6-8,10H2,1-3H3,(H2,18,19,21). The van der Waals surface area contributed by atoms with E-state index < -0.39 is 5.82 Å². The molecule has 2 atom stereocenters. The molecular weight excluding hydrogens is 287 g/mol. The summed E-state index contributed by atoms with van der Waals surface area (Å²) in [5, 5.41) is 14.8. The van der Waals surface area contributed by atoms with Crippen molar-refractivity contribution in [1.29, 1.82) is 0 Å². The van der Waals surface area contributed by atoms with Gasteiger partial charge < -0.3 is 20.5 Å². The topological polar surface area (TPSA) is 70.6 Å². The SMILES string of the molecule is COc1cc(CCNC(=O)NCC(C)CC(C)O)ccc1F. The van der Waals surface area contributed by atoms with E-state index in [0.29, 0.717) is 25.9 Å². The van der Waals surface area contributed by atoms with Crippen LogP contribution in [-0.2, 0) is 6.42 Å². The molecule has 1 aromatic carbocycles. The van der Waals surface area contributed by atoms with Crippen LogP contribution in [-0.4, -0.2) is 37.4 Å². The van der Waals surface area contributed by atoms with Crippen molar-refractivity contribution in [2.45, 2.75) is 32.8 Å². The lowest BCUT2D eigenvalue weighted by atomic mass is 10.1. The van der Waals surface area contributed by atoms with Gasteiger partial charge in [0.1, 0.15) is 0 Å². The van der Waals surface area contributed by atoms with Crippen molar-refractivity contribution in [1.82, 2.24) is 10.6 Å². The van der Waals surface area contributed by atoms with Gasteiger partial charge in [-0.2, -0.15) is 0 Å². The van der Waals surface area contributed by atoms with Crippen molar-refractivity contribution in [2.75, 3.05) is 20.2 Å². The first-order valence-corrected chi connectivity index (χ1v) is 7.44. The summed E-state index contributed by atoms with van der Waals surface area (Å²) >= 11 is 0. The van der Waals surface area contributed by atoms with E-state index in [1.165, 1.54) is 13.2 Å². The van der Waals surface area contributed by atoms with Gasteiger partial charge in [0.15, 0.2) is 11.6 Å². The molecule has 1 aromatic rings. The molecule has 0 saturated carbocycles. The molecule has 124 valence electrons. The average molecular weight is 312 g/mol. The van der Waals surface area contributed by atoms with Crippen molar-refractivity contribution in [3.63, 3.8) is 0 Å². The molecule has 22 heavy (non-hydrogen) atoms. The highest BCUT2D eigenvalue weighted by molar-refractivity contribution is 5.73. The lowest BCUT2D eigenvalue weighted by Crippen LogP contribution is -2.39. The van der Waals surface area contributed by atoms with E-state index in [1.807, 2.05) is 6.92 Å². The zero-order chi connectivity index (χ0) is 16.5. The monoisotopic (exact) mass is 312 g/mol. The minimum absolute atomic E-state index is 0.203. The first-order valence-electron chi connectivity index (χ1n) is 7.44. The maximum absolute atomic E-state index is 13.3. The maximum Gasteiger partial charge on any atom is 0.314 e. The van der Waals surface area contributed by atoms with Crippen molar-refractivity contribution >= 4 is 6.03 Å². The largest absolute Gasteiger partial charge is 0.494 e. The molecule has 6 heteroatoms. The van der Waals surface area contributed by atoms with Crippen molar-refractivity contribution in [2.24, 2.45) is 5.92 Å². The molecule has 0 aliphatic carbocycles. The fraction of sp³-hybridized carbons (Fsp3) is 0.562. The Bertz CT molecular complexity index is 480. The number of aliphatic hydroxyl groups is 1. The van der Waals surface area contributed by atoms with Crippen LogP contribution in [0.1, 0.15) is 25.8 Å². The number of methoxy groups -OCH3 is 1. The van der Waals surface area contributed by atoms with Gasteiger partial charge in [0, 0.05) is 13.1 Å². The molecule has 0 spiro atoms. The van der Waals surface area contributed by atoms with Crippen molar-refractivity contribution in [3.05, 3.63) is 29.6 Å². The predicted molar refractivity (Wildman–Crippen MR) is 83.5 cm³/mol. The second kappa shape index (κ2) is 9.25. The van der Waals surface area contributed by atoms with Crippen LogP contribution in [0.4, 0.5) is 9.18 Å². The van der Waals surface area contributed by atoms with Crippen LogP contribution in [0.2, 0.25) is 0 Å². The molecule has 0 bridgehead atoms.